The molecule has 1 fully saturated rings. The fourth-order valence-corrected chi connectivity index (χ4v) is 2.97. The number of alkyl halides is 3. The Balaban J connectivity index is 2.10. The summed E-state index contributed by atoms with van der Waals surface area (Å²) >= 11 is 0. The van der Waals surface area contributed by atoms with Crippen molar-refractivity contribution in [2.45, 2.75) is 19.0 Å². The lowest BCUT2D eigenvalue weighted by Gasteiger charge is -2.21. The summed E-state index contributed by atoms with van der Waals surface area (Å²) in [6.07, 6.45) is -4.59. The van der Waals surface area contributed by atoms with E-state index in [9.17, 15) is 26.7 Å². The summed E-state index contributed by atoms with van der Waals surface area (Å²) < 4.78 is 65.2. The van der Waals surface area contributed by atoms with Gasteiger partial charge < -0.3 is 10.0 Å². The van der Waals surface area contributed by atoms with Crippen LogP contribution >= 0.6 is 0 Å². The molecule has 1 saturated heterocycles. The summed E-state index contributed by atoms with van der Waals surface area (Å²) in [4.78, 5) is 12.4. The van der Waals surface area contributed by atoms with E-state index in [-0.39, 0.29) is 13.1 Å². The van der Waals surface area contributed by atoms with Gasteiger partial charge in [0.25, 0.3) is 0 Å². The molecule has 1 aliphatic rings. The summed E-state index contributed by atoms with van der Waals surface area (Å²) in [6, 6.07) is 2.96. The van der Waals surface area contributed by atoms with E-state index in [0.29, 0.717) is 11.6 Å². The predicted molar refractivity (Wildman–Crippen MR) is 71.9 cm³/mol. The molecule has 1 aromatic carbocycles. The molecule has 8 heteroatoms. The molecule has 0 spiro atoms. The third-order valence-electron chi connectivity index (χ3n) is 4.12. The number of benzene rings is 1. The minimum Gasteiger partial charge on any atom is -0.481 e. The molecule has 2 rings (SSSR count). The molecule has 0 amide bonds. The van der Waals surface area contributed by atoms with Gasteiger partial charge in [-0.1, -0.05) is 6.92 Å². The highest BCUT2D eigenvalue weighted by atomic mass is 19.4. The van der Waals surface area contributed by atoms with Gasteiger partial charge in [0.15, 0.2) is 0 Å². The molecule has 1 aromatic rings. The molecule has 3 nitrogen and oxygen atoms in total. The van der Waals surface area contributed by atoms with Gasteiger partial charge in [0.05, 0.1) is 11.8 Å². The van der Waals surface area contributed by atoms with Gasteiger partial charge in [-0.15, -0.1) is 0 Å². The third-order valence-corrected chi connectivity index (χ3v) is 4.12. The van der Waals surface area contributed by atoms with Crippen LogP contribution in [-0.2, 0) is 4.79 Å². The highest BCUT2D eigenvalue weighted by Gasteiger charge is 2.52. The van der Waals surface area contributed by atoms with Crippen molar-refractivity contribution in [3.8, 4) is 0 Å². The number of carboxylic acid groups (broad SMARTS) is 1. The van der Waals surface area contributed by atoms with E-state index in [0.717, 1.165) is 12.1 Å². The van der Waals surface area contributed by atoms with Crippen molar-refractivity contribution in [2.24, 2.45) is 11.8 Å². The second-order valence-electron chi connectivity index (χ2n) is 5.92. The van der Waals surface area contributed by atoms with Crippen molar-refractivity contribution in [1.29, 1.82) is 0 Å². The first-order valence-electron chi connectivity index (χ1n) is 7.05. The van der Waals surface area contributed by atoms with Crippen LogP contribution in [0.4, 0.5) is 22.0 Å². The molecule has 0 radical (unpaired) electrons. The number of carbonyl (C=O) groups is 1. The van der Waals surface area contributed by atoms with Crippen LogP contribution in [0.5, 0.6) is 0 Å². The Morgan fingerprint density at radius 1 is 1.26 bits per heavy atom. The number of nitrogens with zero attached hydrogens (tertiary/aromatic N) is 1. The SMILES string of the molecule is CC(CN1C[C@@H](C(F)(F)F)[C@H](C(=O)O)C1)c1cc(F)cc(F)c1. The number of halogens is 5. The second-order valence-corrected chi connectivity index (χ2v) is 5.92. The maximum Gasteiger partial charge on any atom is 0.393 e. The zero-order chi connectivity index (χ0) is 17.4. The quantitative estimate of drug-likeness (QED) is 0.858. The third kappa shape index (κ3) is 4.19. The molecule has 0 aliphatic carbocycles. The van der Waals surface area contributed by atoms with Gasteiger partial charge in [-0.25, -0.2) is 8.78 Å². The maximum absolute atomic E-state index is 13.2. The van der Waals surface area contributed by atoms with Crippen LogP contribution in [0.1, 0.15) is 18.4 Å². The molecule has 1 unspecified atom stereocenters. The Labute approximate surface area is 129 Å². The molecule has 0 aromatic heterocycles. The van der Waals surface area contributed by atoms with Gasteiger partial charge >= 0.3 is 12.1 Å². The molecule has 0 bridgehead atoms. The Morgan fingerprint density at radius 3 is 2.26 bits per heavy atom. The van der Waals surface area contributed by atoms with E-state index in [1.807, 2.05) is 0 Å². The van der Waals surface area contributed by atoms with E-state index in [4.69, 9.17) is 5.11 Å². The molecule has 3 atom stereocenters. The Morgan fingerprint density at radius 2 is 1.83 bits per heavy atom. The molecular formula is C15H16F5NO2. The van der Waals surface area contributed by atoms with Crippen LogP contribution in [0.3, 0.4) is 0 Å². The lowest BCUT2D eigenvalue weighted by molar-refractivity contribution is -0.188. The van der Waals surface area contributed by atoms with Crippen molar-refractivity contribution in [2.75, 3.05) is 19.6 Å². The fourth-order valence-electron chi connectivity index (χ4n) is 2.97. The molecule has 0 saturated carbocycles. The number of likely N-dealkylation sites (tertiary alicyclic amines) is 1. The standard InChI is InChI=1S/C15H16F5NO2/c1-8(9-2-10(16)4-11(17)3-9)5-21-6-12(14(22)23)13(7-21)15(18,19)20/h2-4,8,12-13H,5-7H2,1H3,(H,22,23)/t8?,12-,13-/m1/s1. The molecule has 1 heterocycles. The monoisotopic (exact) mass is 337 g/mol. The second kappa shape index (κ2) is 6.43. The Bertz CT molecular complexity index is 569. The summed E-state index contributed by atoms with van der Waals surface area (Å²) in [7, 11) is 0. The first-order valence-corrected chi connectivity index (χ1v) is 7.05. The summed E-state index contributed by atoms with van der Waals surface area (Å²) in [6.45, 7) is 1.06. The van der Waals surface area contributed by atoms with Crippen molar-refractivity contribution in [1.82, 2.24) is 4.90 Å². The van der Waals surface area contributed by atoms with Gasteiger partial charge in [0, 0.05) is 25.7 Å². The first kappa shape index (κ1) is 17.7. The fraction of sp³-hybridized carbons (Fsp3) is 0.533. The zero-order valence-electron chi connectivity index (χ0n) is 12.3. The van der Waals surface area contributed by atoms with Crippen LogP contribution in [0.25, 0.3) is 0 Å². The number of rotatable bonds is 4. The number of hydrogen-bond donors (Lipinski definition) is 1. The van der Waals surface area contributed by atoms with Crippen molar-refractivity contribution < 1.29 is 31.9 Å². The van der Waals surface area contributed by atoms with Gasteiger partial charge in [-0.05, 0) is 23.6 Å². The highest BCUT2D eigenvalue weighted by molar-refractivity contribution is 5.71. The molecule has 1 aliphatic heterocycles. The number of carboxylic acids is 1. The lowest BCUT2D eigenvalue weighted by Crippen LogP contribution is -2.33. The van der Waals surface area contributed by atoms with Crippen LogP contribution in [-0.4, -0.2) is 41.8 Å². The predicted octanol–water partition coefficient (Wildman–Crippen LogP) is 3.26. The summed E-state index contributed by atoms with van der Waals surface area (Å²) in [5.74, 6) is -6.89. The van der Waals surface area contributed by atoms with Crippen LogP contribution in [0, 0.1) is 23.5 Å². The molecule has 23 heavy (non-hydrogen) atoms. The van der Waals surface area contributed by atoms with Crippen LogP contribution in [0.15, 0.2) is 18.2 Å². The molecular weight excluding hydrogens is 321 g/mol. The smallest absolute Gasteiger partial charge is 0.393 e. The highest BCUT2D eigenvalue weighted by Crippen LogP contribution is 2.38. The Hall–Kier alpha value is -1.70. The topological polar surface area (TPSA) is 40.5 Å². The minimum atomic E-state index is -4.59. The van der Waals surface area contributed by atoms with Crippen molar-refractivity contribution in [3.63, 3.8) is 0 Å². The Kier molecular flexibility index (Phi) is 4.93. The minimum absolute atomic E-state index is 0.0965. The van der Waals surface area contributed by atoms with Gasteiger partial charge in [0.1, 0.15) is 11.6 Å². The number of aliphatic carboxylic acids is 1. The van der Waals surface area contributed by atoms with E-state index in [1.165, 1.54) is 4.90 Å². The number of hydrogen-bond acceptors (Lipinski definition) is 2. The van der Waals surface area contributed by atoms with Crippen LogP contribution < -0.4 is 0 Å². The summed E-state index contributed by atoms with van der Waals surface area (Å²) in [5.41, 5.74) is 0.324. The molecule has 1 N–H and O–H groups in total. The van der Waals surface area contributed by atoms with Crippen molar-refractivity contribution >= 4 is 5.97 Å². The zero-order valence-corrected chi connectivity index (χ0v) is 12.3. The molecule has 128 valence electrons. The lowest BCUT2D eigenvalue weighted by atomic mass is 9.96. The largest absolute Gasteiger partial charge is 0.481 e. The van der Waals surface area contributed by atoms with Crippen LogP contribution in [0.2, 0.25) is 0 Å². The van der Waals surface area contributed by atoms with E-state index < -0.39 is 48.1 Å². The van der Waals surface area contributed by atoms with Gasteiger partial charge in [-0.3, -0.25) is 4.79 Å². The average molecular weight is 337 g/mol. The van der Waals surface area contributed by atoms with E-state index >= 15 is 0 Å². The average Bonchev–Trinajstić information content (AvgIpc) is 2.81. The van der Waals surface area contributed by atoms with Gasteiger partial charge in [0.2, 0.25) is 0 Å². The van der Waals surface area contributed by atoms with Gasteiger partial charge in [-0.2, -0.15) is 13.2 Å². The van der Waals surface area contributed by atoms with E-state index in [1.54, 1.807) is 6.92 Å². The maximum atomic E-state index is 13.2. The van der Waals surface area contributed by atoms with E-state index in [2.05, 4.69) is 0 Å². The normalized spacial score (nSPS) is 23.9. The summed E-state index contributed by atoms with van der Waals surface area (Å²) in [5, 5.41) is 8.96. The van der Waals surface area contributed by atoms with Crippen molar-refractivity contribution in [3.05, 3.63) is 35.4 Å². The first-order chi connectivity index (χ1) is 10.6.